The number of esters is 1. The molecule has 1 saturated heterocycles. The largest absolute Gasteiger partial charge is 0.457 e. The zero-order valence-corrected chi connectivity index (χ0v) is 18.4. The Balaban J connectivity index is 1.55. The summed E-state index contributed by atoms with van der Waals surface area (Å²) < 4.78 is 32.1. The van der Waals surface area contributed by atoms with Crippen molar-refractivity contribution in [2.24, 2.45) is 5.92 Å². The molecule has 0 amide bonds. The molecule has 1 aromatic carbocycles. The Labute approximate surface area is 175 Å². The Kier molecular flexibility index (Phi) is 6.55. The lowest BCUT2D eigenvalue weighted by Crippen LogP contribution is -2.40. The summed E-state index contributed by atoms with van der Waals surface area (Å²) in [7, 11) is -3.50. The summed E-state index contributed by atoms with van der Waals surface area (Å²) in [5, 5.41) is 1.73. The maximum absolute atomic E-state index is 12.6. The monoisotopic (exact) mass is 435 g/mol. The predicted octanol–water partition coefficient (Wildman–Crippen LogP) is 3.50. The molecule has 0 saturated carbocycles. The molecule has 29 heavy (non-hydrogen) atoms. The van der Waals surface area contributed by atoms with Crippen LogP contribution in [0.15, 0.2) is 33.9 Å². The average Bonchev–Trinajstić information content (AvgIpc) is 3.21. The Morgan fingerprint density at radius 2 is 1.76 bits per heavy atom. The molecule has 0 bridgehead atoms. The normalized spacial score (nSPS) is 16.0. The molecule has 0 atom stereocenters. The van der Waals surface area contributed by atoms with Crippen LogP contribution in [0.5, 0.6) is 0 Å². The number of carbonyl (C=O) groups excluding carboxylic acids is 2. The third-order valence-electron chi connectivity index (χ3n) is 5.18. The van der Waals surface area contributed by atoms with E-state index >= 15 is 0 Å². The quantitative estimate of drug-likeness (QED) is 0.512. The van der Waals surface area contributed by atoms with Crippen LogP contribution in [0.25, 0.3) is 0 Å². The van der Waals surface area contributed by atoms with Gasteiger partial charge in [0.15, 0.2) is 6.61 Å². The maximum Gasteiger partial charge on any atom is 0.309 e. The van der Waals surface area contributed by atoms with Gasteiger partial charge in [-0.15, -0.1) is 11.3 Å². The van der Waals surface area contributed by atoms with Crippen LogP contribution >= 0.6 is 11.3 Å². The standard InChI is InChI=1S/C21H25NO5S2/c1-14-11-15(2)20(16(3)12-14)18(23)13-27-21(24)17-6-8-22(9-7-17)29(25,26)19-5-4-10-28-19/h4-5,10-12,17H,6-9,13H2,1-3H3. The molecule has 3 rings (SSSR count). The third kappa shape index (κ3) is 4.76. The molecule has 2 heterocycles. The number of piperidine rings is 1. The van der Waals surface area contributed by atoms with Crippen molar-refractivity contribution >= 4 is 33.1 Å². The van der Waals surface area contributed by atoms with Crippen molar-refractivity contribution in [3.63, 3.8) is 0 Å². The van der Waals surface area contributed by atoms with E-state index in [0.717, 1.165) is 16.7 Å². The fraction of sp³-hybridized carbons (Fsp3) is 0.429. The molecule has 1 aromatic heterocycles. The van der Waals surface area contributed by atoms with E-state index in [1.807, 2.05) is 32.9 Å². The minimum Gasteiger partial charge on any atom is -0.457 e. The number of thiophene rings is 1. The van der Waals surface area contributed by atoms with Crippen molar-refractivity contribution in [2.45, 2.75) is 37.8 Å². The van der Waals surface area contributed by atoms with Gasteiger partial charge in [0, 0.05) is 18.7 Å². The van der Waals surface area contributed by atoms with Crippen LogP contribution in [0.3, 0.4) is 0 Å². The first kappa shape index (κ1) is 21.7. The second-order valence-electron chi connectivity index (χ2n) is 7.42. The number of hydrogen-bond acceptors (Lipinski definition) is 6. The van der Waals surface area contributed by atoms with Crippen LogP contribution in [-0.2, 0) is 19.6 Å². The highest BCUT2D eigenvalue weighted by atomic mass is 32.2. The van der Waals surface area contributed by atoms with Crippen LogP contribution in [0, 0.1) is 26.7 Å². The highest BCUT2D eigenvalue weighted by Gasteiger charge is 2.33. The first-order valence-electron chi connectivity index (χ1n) is 9.51. The molecule has 0 unspecified atom stereocenters. The minimum absolute atomic E-state index is 0.217. The SMILES string of the molecule is Cc1cc(C)c(C(=O)COC(=O)C2CCN(S(=O)(=O)c3cccs3)CC2)c(C)c1. The summed E-state index contributed by atoms with van der Waals surface area (Å²) in [5.41, 5.74) is 3.42. The first-order valence-corrected chi connectivity index (χ1v) is 11.8. The second kappa shape index (κ2) is 8.77. The summed E-state index contributed by atoms with van der Waals surface area (Å²) in [5.74, 6) is -1.04. The Morgan fingerprint density at radius 3 is 2.31 bits per heavy atom. The zero-order chi connectivity index (χ0) is 21.2. The highest BCUT2D eigenvalue weighted by Crippen LogP contribution is 2.27. The molecular formula is C21H25NO5S2. The number of benzene rings is 1. The number of ketones is 1. The fourth-order valence-corrected chi connectivity index (χ4v) is 6.43. The molecule has 1 aliphatic rings. The van der Waals surface area contributed by atoms with Crippen molar-refractivity contribution in [1.29, 1.82) is 0 Å². The van der Waals surface area contributed by atoms with Crippen LogP contribution in [-0.4, -0.2) is 44.2 Å². The topological polar surface area (TPSA) is 80.8 Å². The Hall–Kier alpha value is -2.03. The van der Waals surface area contributed by atoms with E-state index in [4.69, 9.17) is 4.74 Å². The zero-order valence-electron chi connectivity index (χ0n) is 16.8. The Morgan fingerprint density at radius 1 is 1.14 bits per heavy atom. The third-order valence-corrected chi connectivity index (χ3v) is 8.45. The lowest BCUT2D eigenvalue weighted by molar-refractivity contribution is -0.148. The molecule has 8 heteroatoms. The van der Waals surface area contributed by atoms with Gasteiger partial charge in [0.1, 0.15) is 4.21 Å². The van der Waals surface area contributed by atoms with Crippen LogP contribution in [0.4, 0.5) is 0 Å². The summed E-state index contributed by atoms with van der Waals surface area (Å²) in [6.45, 7) is 5.96. The number of rotatable bonds is 6. The number of nitrogens with zero attached hydrogens (tertiary/aromatic N) is 1. The van der Waals surface area contributed by atoms with Crippen molar-refractivity contribution in [2.75, 3.05) is 19.7 Å². The number of ether oxygens (including phenoxy) is 1. The van der Waals surface area contributed by atoms with Gasteiger partial charge in [0.2, 0.25) is 5.78 Å². The van der Waals surface area contributed by atoms with E-state index in [1.165, 1.54) is 15.6 Å². The molecule has 156 valence electrons. The van der Waals surface area contributed by atoms with E-state index in [9.17, 15) is 18.0 Å². The smallest absolute Gasteiger partial charge is 0.309 e. The van der Waals surface area contributed by atoms with Gasteiger partial charge in [0.25, 0.3) is 10.0 Å². The highest BCUT2D eigenvalue weighted by molar-refractivity contribution is 7.91. The molecular weight excluding hydrogens is 410 g/mol. The maximum atomic E-state index is 12.6. The summed E-state index contributed by atoms with van der Waals surface area (Å²) in [6, 6.07) is 7.16. The summed E-state index contributed by atoms with van der Waals surface area (Å²) in [4.78, 5) is 24.9. The van der Waals surface area contributed by atoms with Crippen LogP contribution in [0.2, 0.25) is 0 Å². The molecule has 0 aliphatic carbocycles. The molecule has 0 spiro atoms. The number of hydrogen-bond donors (Lipinski definition) is 0. The van der Waals surface area contributed by atoms with Gasteiger partial charge in [-0.2, -0.15) is 4.31 Å². The van der Waals surface area contributed by atoms with E-state index in [0.29, 0.717) is 22.6 Å². The van der Waals surface area contributed by atoms with Crippen molar-refractivity contribution in [1.82, 2.24) is 4.31 Å². The number of Topliss-reactive ketones (excluding diaryl/α,β-unsaturated/α-hetero) is 1. The molecule has 2 aromatic rings. The molecule has 1 fully saturated rings. The van der Waals surface area contributed by atoms with Gasteiger partial charge in [-0.05, 0) is 56.2 Å². The molecule has 1 aliphatic heterocycles. The van der Waals surface area contributed by atoms with Gasteiger partial charge < -0.3 is 4.74 Å². The lowest BCUT2D eigenvalue weighted by Gasteiger charge is -2.29. The van der Waals surface area contributed by atoms with Crippen molar-refractivity contribution < 1.29 is 22.7 Å². The van der Waals surface area contributed by atoms with Gasteiger partial charge in [-0.1, -0.05) is 23.8 Å². The van der Waals surface area contributed by atoms with Crippen LogP contribution in [0.1, 0.15) is 39.9 Å². The molecule has 6 nitrogen and oxygen atoms in total. The number of sulfonamides is 1. The van der Waals surface area contributed by atoms with E-state index in [1.54, 1.807) is 17.5 Å². The fourth-order valence-electron chi connectivity index (χ4n) is 3.82. The predicted molar refractivity (Wildman–Crippen MR) is 112 cm³/mol. The van der Waals surface area contributed by atoms with Crippen LogP contribution < -0.4 is 0 Å². The minimum atomic E-state index is -3.50. The van der Waals surface area contributed by atoms with Gasteiger partial charge in [0.05, 0.1) is 5.92 Å². The van der Waals surface area contributed by atoms with E-state index < -0.39 is 21.9 Å². The van der Waals surface area contributed by atoms with E-state index in [2.05, 4.69) is 0 Å². The molecule has 0 radical (unpaired) electrons. The number of carbonyl (C=O) groups is 2. The van der Waals surface area contributed by atoms with Gasteiger partial charge >= 0.3 is 5.97 Å². The van der Waals surface area contributed by atoms with Gasteiger partial charge in [-0.3, -0.25) is 9.59 Å². The second-order valence-corrected chi connectivity index (χ2v) is 10.5. The Bertz CT molecular complexity index is 981. The first-order chi connectivity index (χ1) is 13.7. The van der Waals surface area contributed by atoms with E-state index in [-0.39, 0.29) is 25.5 Å². The van der Waals surface area contributed by atoms with Crippen molar-refractivity contribution in [3.8, 4) is 0 Å². The van der Waals surface area contributed by atoms with Crippen molar-refractivity contribution in [3.05, 3.63) is 51.9 Å². The summed E-state index contributed by atoms with van der Waals surface area (Å²) >= 11 is 1.18. The average molecular weight is 436 g/mol. The summed E-state index contributed by atoms with van der Waals surface area (Å²) in [6.07, 6.45) is 0.778. The van der Waals surface area contributed by atoms with Gasteiger partial charge in [-0.25, -0.2) is 8.42 Å². The molecule has 0 N–H and O–H groups in total. The lowest BCUT2D eigenvalue weighted by atomic mass is 9.96. The number of aryl methyl sites for hydroxylation is 3.